The fourth-order valence-corrected chi connectivity index (χ4v) is 6.33. The van der Waals surface area contributed by atoms with Gasteiger partial charge in [0.05, 0.1) is 0 Å². The van der Waals surface area contributed by atoms with Crippen LogP contribution in [-0.2, 0) is 4.79 Å². The molecule has 4 nitrogen and oxygen atoms in total. The lowest BCUT2D eigenvalue weighted by Crippen LogP contribution is -2.28. The Morgan fingerprint density at radius 3 is 2.33 bits per heavy atom. The first-order chi connectivity index (χ1) is 13.0. The van der Waals surface area contributed by atoms with Crippen LogP contribution in [-0.4, -0.2) is 26.5 Å². The van der Waals surface area contributed by atoms with Crippen LogP contribution in [0.4, 0.5) is 0 Å². The Hall–Kier alpha value is -1.22. The van der Waals surface area contributed by atoms with Crippen LogP contribution in [0.25, 0.3) is 0 Å². The lowest BCUT2D eigenvalue weighted by Gasteiger charge is -2.27. The van der Waals surface area contributed by atoms with Gasteiger partial charge in [0.15, 0.2) is 0 Å². The summed E-state index contributed by atoms with van der Waals surface area (Å²) in [5, 5.41) is 9.94. The van der Waals surface area contributed by atoms with Crippen molar-refractivity contribution in [3.05, 3.63) is 47.3 Å². The zero-order valence-corrected chi connectivity index (χ0v) is 17.3. The van der Waals surface area contributed by atoms with Gasteiger partial charge < -0.3 is 5.11 Å². The third kappa shape index (κ3) is 6.71. The monoisotopic (exact) mass is 393 g/mol. The minimum absolute atomic E-state index is 0.524. The molecule has 150 valence electrons. The Bertz CT molecular complexity index is 604. The van der Waals surface area contributed by atoms with Gasteiger partial charge in [-0.1, -0.05) is 62.9 Å². The second-order valence-electron chi connectivity index (χ2n) is 7.69. The largest absolute Gasteiger partial charge is 0.481 e. The van der Waals surface area contributed by atoms with Crippen LogP contribution in [0.2, 0.25) is 0 Å². The van der Waals surface area contributed by atoms with Crippen LogP contribution in [0.5, 0.6) is 0 Å². The zero-order valence-electron chi connectivity index (χ0n) is 16.4. The molecular weight excluding hydrogens is 359 g/mol. The average molecular weight is 393 g/mol. The minimum Gasteiger partial charge on any atom is -0.481 e. The maximum absolute atomic E-state index is 12.1. The van der Waals surface area contributed by atoms with Crippen molar-refractivity contribution in [2.45, 2.75) is 82.7 Å². The van der Waals surface area contributed by atoms with Crippen LogP contribution >= 0.6 is 7.72 Å². The van der Waals surface area contributed by atoms with Crippen LogP contribution in [0.15, 0.2) is 41.7 Å². The van der Waals surface area contributed by atoms with Crippen molar-refractivity contribution in [2.75, 3.05) is 0 Å². The number of rotatable bonds is 10. The van der Waals surface area contributed by atoms with Crippen molar-refractivity contribution >= 4 is 13.7 Å². The molecule has 2 atom stereocenters. The summed E-state index contributed by atoms with van der Waals surface area (Å²) in [4.78, 5) is 34.3. The van der Waals surface area contributed by atoms with E-state index in [1.807, 2.05) is 18.2 Å². The Morgan fingerprint density at radius 2 is 1.74 bits per heavy atom. The van der Waals surface area contributed by atoms with Gasteiger partial charge in [-0.3, -0.25) is 4.79 Å². The quantitative estimate of drug-likeness (QED) is 0.343. The third-order valence-corrected chi connectivity index (χ3v) is 7.80. The standard InChI is InChI=1S/C22H33O4P/c1-2-3-4-11-16-20(21(22(23)24)19-14-9-6-10-15-19)27(25,26)17-18-12-7-5-8-13-18/h6,9-10,14-15,17,20-21,25-26H,2-5,7-8,11-13,16H2,1H3/p+1. The van der Waals surface area contributed by atoms with Crippen molar-refractivity contribution in [3.63, 3.8) is 0 Å². The fourth-order valence-electron chi connectivity index (χ4n) is 4.05. The SMILES string of the molecule is CCCCCCC(C(C(=O)O)c1ccccc1)[P+](O)(O)C=C1CCCCC1. The van der Waals surface area contributed by atoms with Gasteiger partial charge in [0.1, 0.15) is 17.4 Å². The number of hydrogen-bond donors (Lipinski definition) is 3. The molecule has 0 aliphatic heterocycles. The highest BCUT2D eigenvalue weighted by Crippen LogP contribution is 2.63. The highest BCUT2D eigenvalue weighted by Gasteiger charge is 2.50. The maximum Gasteiger partial charge on any atom is 0.315 e. The summed E-state index contributed by atoms with van der Waals surface area (Å²) in [5.74, 6) is -0.206. The molecule has 1 fully saturated rings. The molecule has 2 rings (SSSR count). The van der Waals surface area contributed by atoms with Gasteiger partial charge in [-0.05, 0) is 49.7 Å². The van der Waals surface area contributed by atoms with E-state index in [1.165, 1.54) is 6.42 Å². The van der Waals surface area contributed by atoms with E-state index in [0.29, 0.717) is 12.0 Å². The second-order valence-corrected chi connectivity index (χ2v) is 10.0. The molecule has 0 heterocycles. The molecule has 1 aliphatic carbocycles. The molecule has 3 N–H and O–H groups in total. The number of carboxylic acid groups (broad SMARTS) is 1. The van der Waals surface area contributed by atoms with Crippen molar-refractivity contribution in [1.82, 2.24) is 0 Å². The van der Waals surface area contributed by atoms with E-state index < -0.39 is 25.3 Å². The van der Waals surface area contributed by atoms with Crippen molar-refractivity contribution < 1.29 is 19.7 Å². The van der Waals surface area contributed by atoms with Gasteiger partial charge >= 0.3 is 5.97 Å². The van der Waals surface area contributed by atoms with Gasteiger partial charge in [0.2, 0.25) is 0 Å². The predicted octanol–water partition coefficient (Wildman–Crippen LogP) is 5.87. The molecule has 1 saturated carbocycles. The van der Waals surface area contributed by atoms with E-state index in [0.717, 1.165) is 56.9 Å². The predicted molar refractivity (Wildman–Crippen MR) is 112 cm³/mol. The summed E-state index contributed by atoms with van der Waals surface area (Å²) in [5.41, 5.74) is 1.08. The lowest BCUT2D eigenvalue weighted by molar-refractivity contribution is -0.139. The normalized spacial score (nSPS) is 17.4. The van der Waals surface area contributed by atoms with Crippen molar-refractivity contribution in [3.8, 4) is 0 Å². The number of aliphatic carboxylic acids is 1. The molecule has 5 heteroatoms. The summed E-state index contributed by atoms with van der Waals surface area (Å²) >= 11 is 0. The van der Waals surface area contributed by atoms with E-state index in [9.17, 15) is 19.7 Å². The molecule has 0 saturated heterocycles. The molecule has 1 aromatic rings. The molecule has 2 unspecified atom stereocenters. The van der Waals surface area contributed by atoms with Gasteiger partial charge in [0, 0.05) is 0 Å². The molecule has 0 aromatic heterocycles. The first-order valence-electron chi connectivity index (χ1n) is 10.3. The number of carbonyl (C=O) groups is 1. The smallest absolute Gasteiger partial charge is 0.315 e. The highest BCUT2D eigenvalue weighted by atomic mass is 31.2. The second kappa shape index (κ2) is 10.9. The van der Waals surface area contributed by atoms with E-state index >= 15 is 0 Å². The molecular formula is C22H34O4P+. The van der Waals surface area contributed by atoms with Crippen LogP contribution < -0.4 is 0 Å². The minimum atomic E-state index is -3.49. The maximum atomic E-state index is 12.1. The number of carboxylic acids is 1. The summed E-state index contributed by atoms with van der Waals surface area (Å²) in [6.45, 7) is 2.13. The molecule has 1 aliphatic rings. The molecule has 0 spiro atoms. The van der Waals surface area contributed by atoms with E-state index in [1.54, 1.807) is 17.9 Å². The van der Waals surface area contributed by atoms with Crippen LogP contribution in [0.3, 0.4) is 0 Å². The molecule has 27 heavy (non-hydrogen) atoms. The number of allylic oxidation sites excluding steroid dienone is 1. The number of hydrogen-bond acceptors (Lipinski definition) is 3. The first-order valence-corrected chi connectivity index (χ1v) is 12.1. The summed E-state index contributed by atoms with van der Waals surface area (Å²) < 4.78 is 0. The fraction of sp³-hybridized carbons (Fsp3) is 0.591. The topological polar surface area (TPSA) is 77.8 Å². The van der Waals surface area contributed by atoms with Crippen LogP contribution in [0, 0.1) is 0 Å². The average Bonchev–Trinajstić information content (AvgIpc) is 2.65. The van der Waals surface area contributed by atoms with E-state index in [-0.39, 0.29) is 0 Å². The van der Waals surface area contributed by atoms with Gasteiger partial charge in [-0.25, -0.2) is 9.79 Å². The summed E-state index contributed by atoms with van der Waals surface area (Å²) in [6.07, 6.45) is 9.64. The third-order valence-electron chi connectivity index (χ3n) is 5.52. The number of unbranched alkanes of at least 4 members (excludes halogenated alkanes) is 3. The molecule has 0 amide bonds. The van der Waals surface area contributed by atoms with Crippen molar-refractivity contribution in [2.24, 2.45) is 0 Å². The van der Waals surface area contributed by atoms with Gasteiger partial charge in [0.25, 0.3) is 7.72 Å². The highest BCUT2D eigenvalue weighted by molar-refractivity contribution is 7.68. The van der Waals surface area contributed by atoms with E-state index in [4.69, 9.17) is 0 Å². The lowest BCUT2D eigenvalue weighted by atomic mass is 9.92. The van der Waals surface area contributed by atoms with E-state index in [2.05, 4.69) is 6.92 Å². The summed E-state index contributed by atoms with van der Waals surface area (Å²) in [7, 11) is -3.49. The first kappa shape index (κ1) is 22.1. The molecule has 0 bridgehead atoms. The van der Waals surface area contributed by atoms with Crippen LogP contribution in [0.1, 0.15) is 82.6 Å². The Labute approximate surface area is 163 Å². The Kier molecular flexibility index (Phi) is 8.95. The van der Waals surface area contributed by atoms with Crippen molar-refractivity contribution in [1.29, 1.82) is 0 Å². The summed E-state index contributed by atoms with van der Waals surface area (Å²) in [6, 6.07) is 9.04. The van der Waals surface area contributed by atoms with Gasteiger partial charge in [-0.2, -0.15) is 0 Å². The Balaban J connectivity index is 2.31. The molecule has 1 aromatic carbocycles. The Morgan fingerprint density at radius 1 is 1.07 bits per heavy atom. The number of benzene rings is 1. The van der Waals surface area contributed by atoms with Gasteiger partial charge in [-0.15, -0.1) is 0 Å². The molecule has 0 radical (unpaired) electrons. The zero-order chi connectivity index (χ0) is 19.7.